The zero-order chi connectivity index (χ0) is 16.1. The Balaban J connectivity index is 2.26. The number of benzene rings is 2. The number of aryl methyl sites for hydroxylation is 1. The first kappa shape index (κ1) is 16.0. The van der Waals surface area contributed by atoms with Crippen LogP contribution < -0.4 is 0 Å². The maximum Gasteiger partial charge on any atom is 0.131 e. The van der Waals surface area contributed by atoms with Crippen LogP contribution in [-0.4, -0.2) is 0 Å². The third kappa shape index (κ3) is 3.82. The Morgan fingerprint density at radius 2 is 1.73 bits per heavy atom. The van der Waals surface area contributed by atoms with Gasteiger partial charge in [-0.15, -0.1) is 0 Å². The molecule has 0 aliphatic heterocycles. The van der Waals surface area contributed by atoms with Crippen molar-refractivity contribution < 1.29 is 4.39 Å². The molecule has 2 aromatic rings. The summed E-state index contributed by atoms with van der Waals surface area (Å²) in [4.78, 5) is 0. The summed E-state index contributed by atoms with van der Waals surface area (Å²) in [7, 11) is 0. The van der Waals surface area contributed by atoms with Crippen LogP contribution in [0.4, 0.5) is 4.39 Å². The molecule has 0 saturated carbocycles. The highest BCUT2D eigenvalue weighted by Gasteiger charge is 2.07. The first-order valence-corrected chi connectivity index (χ1v) is 7.43. The minimum atomic E-state index is -0.231. The topological polar surface area (TPSA) is 0 Å². The predicted octanol–water partition coefficient (Wildman–Crippen LogP) is 6.34. The monoisotopic (exact) mass is 292 g/mol. The molecule has 1 heteroatoms. The Bertz CT molecular complexity index is 718. The maximum atomic E-state index is 14.4. The van der Waals surface area contributed by atoms with E-state index < -0.39 is 0 Å². The number of rotatable bonds is 5. The van der Waals surface area contributed by atoms with E-state index in [2.05, 4.69) is 13.2 Å². The van der Waals surface area contributed by atoms with Gasteiger partial charge in [0.15, 0.2) is 0 Å². The lowest BCUT2D eigenvalue weighted by atomic mass is 9.99. The smallest absolute Gasteiger partial charge is 0.131 e. The van der Waals surface area contributed by atoms with Gasteiger partial charge in [0.2, 0.25) is 0 Å². The highest BCUT2D eigenvalue weighted by molar-refractivity contribution is 5.75. The largest absolute Gasteiger partial charge is 0.206 e. The number of allylic oxidation sites excluding steroid dienone is 4. The van der Waals surface area contributed by atoms with Crippen molar-refractivity contribution >= 4 is 5.57 Å². The van der Waals surface area contributed by atoms with E-state index in [0.29, 0.717) is 5.56 Å². The minimum absolute atomic E-state index is 0.231. The molecule has 0 fully saturated rings. The zero-order valence-corrected chi connectivity index (χ0v) is 13.2. The SMILES string of the molecule is C=C(/C=C\C(=C)c1ccc(-c2ccc(C)cc2)c(F)c1)CC. The standard InChI is InChI=1S/C21H21F/c1-5-15(2)6-9-17(4)19-12-13-20(21(22)14-19)18-10-7-16(3)8-11-18/h6-14H,2,4-5H2,1,3H3/b9-6-. The number of hydrogen-bond acceptors (Lipinski definition) is 0. The Labute approximate surface area is 132 Å². The van der Waals surface area contributed by atoms with Gasteiger partial charge in [0.1, 0.15) is 5.82 Å². The third-order valence-corrected chi connectivity index (χ3v) is 3.68. The molecule has 0 saturated heterocycles. The van der Waals surface area contributed by atoms with Gasteiger partial charge in [0.05, 0.1) is 0 Å². The van der Waals surface area contributed by atoms with Gasteiger partial charge in [0.25, 0.3) is 0 Å². The van der Waals surface area contributed by atoms with Crippen LogP contribution in [0.2, 0.25) is 0 Å². The first-order valence-electron chi connectivity index (χ1n) is 7.43. The summed E-state index contributed by atoms with van der Waals surface area (Å²) >= 11 is 0. The van der Waals surface area contributed by atoms with Gasteiger partial charge in [-0.3, -0.25) is 0 Å². The van der Waals surface area contributed by atoms with Crippen molar-refractivity contribution in [3.05, 3.63) is 90.3 Å². The van der Waals surface area contributed by atoms with Crippen LogP contribution in [0.25, 0.3) is 16.7 Å². The molecular formula is C21H21F. The molecule has 0 unspecified atom stereocenters. The van der Waals surface area contributed by atoms with E-state index in [4.69, 9.17) is 0 Å². The molecule has 0 N–H and O–H groups in total. The summed E-state index contributed by atoms with van der Waals surface area (Å²) in [5.74, 6) is -0.231. The zero-order valence-electron chi connectivity index (χ0n) is 13.2. The lowest BCUT2D eigenvalue weighted by molar-refractivity contribution is 0.631. The average molecular weight is 292 g/mol. The molecule has 0 atom stereocenters. The highest BCUT2D eigenvalue weighted by Crippen LogP contribution is 2.26. The van der Waals surface area contributed by atoms with Crippen LogP contribution in [0.3, 0.4) is 0 Å². The average Bonchev–Trinajstić information content (AvgIpc) is 2.53. The minimum Gasteiger partial charge on any atom is -0.206 e. The van der Waals surface area contributed by atoms with Gasteiger partial charge in [0, 0.05) is 5.56 Å². The van der Waals surface area contributed by atoms with E-state index in [0.717, 1.165) is 34.3 Å². The molecule has 0 aliphatic carbocycles. The van der Waals surface area contributed by atoms with Crippen molar-refractivity contribution in [2.45, 2.75) is 20.3 Å². The maximum absolute atomic E-state index is 14.4. The van der Waals surface area contributed by atoms with Crippen molar-refractivity contribution in [1.82, 2.24) is 0 Å². The molecule has 0 radical (unpaired) electrons. The fourth-order valence-corrected chi connectivity index (χ4v) is 2.11. The molecule has 0 amide bonds. The van der Waals surface area contributed by atoms with E-state index in [1.54, 1.807) is 0 Å². The Morgan fingerprint density at radius 3 is 2.32 bits per heavy atom. The molecular weight excluding hydrogens is 271 g/mol. The van der Waals surface area contributed by atoms with Crippen LogP contribution >= 0.6 is 0 Å². The van der Waals surface area contributed by atoms with Crippen LogP contribution in [-0.2, 0) is 0 Å². The van der Waals surface area contributed by atoms with Crippen LogP contribution in [0, 0.1) is 12.7 Å². The molecule has 112 valence electrons. The van der Waals surface area contributed by atoms with Gasteiger partial charge in [-0.2, -0.15) is 0 Å². The lowest BCUT2D eigenvalue weighted by Crippen LogP contribution is -1.88. The fourth-order valence-electron chi connectivity index (χ4n) is 2.11. The molecule has 0 nitrogen and oxygen atoms in total. The quantitative estimate of drug-likeness (QED) is 0.564. The van der Waals surface area contributed by atoms with Gasteiger partial charge < -0.3 is 0 Å². The molecule has 0 aromatic heterocycles. The molecule has 0 heterocycles. The van der Waals surface area contributed by atoms with Crippen molar-refractivity contribution in [2.24, 2.45) is 0 Å². The second-order valence-corrected chi connectivity index (χ2v) is 5.43. The Hall–Kier alpha value is -2.41. The number of halogens is 1. The normalized spacial score (nSPS) is 10.9. The summed E-state index contributed by atoms with van der Waals surface area (Å²) in [6, 6.07) is 13.1. The van der Waals surface area contributed by atoms with Crippen molar-refractivity contribution in [3.63, 3.8) is 0 Å². The van der Waals surface area contributed by atoms with E-state index in [1.165, 1.54) is 6.07 Å². The summed E-state index contributed by atoms with van der Waals surface area (Å²) < 4.78 is 14.4. The van der Waals surface area contributed by atoms with Crippen molar-refractivity contribution in [3.8, 4) is 11.1 Å². The highest BCUT2D eigenvalue weighted by atomic mass is 19.1. The van der Waals surface area contributed by atoms with Crippen LogP contribution in [0.5, 0.6) is 0 Å². The van der Waals surface area contributed by atoms with E-state index in [1.807, 2.05) is 62.4 Å². The molecule has 0 bridgehead atoms. The molecule has 2 aromatic carbocycles. The van der Waals surface area contributed by atoms with Gasteiger partial charge in [-0.1, -0.05) is 79.8 Å². The Kier molecular flexibility index (Phi) is 5.11. The van der Waals surface area contributed by atoms with E-state index >= 15 is 0 Å². The summed E-state index contributed by atoms with van der Waals surface area (Å²) in [5.41, 5.74) is 5.25. The van der Waals surface area contributed by atoms with Crippen molar-refractivity contribution in [2.75, 3.05) is 0 Å². The molecule has 0 spiro atoms. The summed E-state index contributed by atoms with van der Waals surface area (Å²) in [6.45, 7) is 12.0. The van der Waals surface area contributed by atoms with Crippen LogP contribution in [0.15, 0.2) is 73.3 Å². The molecule has 0 aliphatic rings. The second-order valence-electron chi connectivity index (χ2n) is 5.43. The van der Waals surface area contributed by atoms with Gasteiger partial charge >= 0.3 is 0 Å². The fraction of sp³-hybridized carbons (Fsp3) is 0.143. The predicted molar refractivity (Wildman–Crippen MR) is 94.2 cm³/mol. The summed E-state index contributed by atoms with van der Waals surface area (Å²) in [6.07, 6.45) is 4.70. The number of hydrogen-bond donors (Lipinski definition) is 0. The van der Waals surface area contributed by atoms with Gasteiger partial charge in [-0.25, -0.2) is 4.39 Å². The van der Waals surface area contributed by atoms with Crippen molar-refractivity contribution in [1.29, 1.82) is 0 Å². The Morgan fingerprint density at radius 1 is 1.05 bits per heavy atom. The van der Waals surface area contributed by atoms with E-state index in [-0.39, 0.29) is 5.82 Å². The van der Waals surface area contributed by atoms with Gasteiger partial charge in [-0.05, 0) is 36.1 Å². The van der Waals surface area contributed by atoms with Crippen LogP contribution in [0.1, 0.15) is 24.5 Å². The third-order valence-electron chi connectivity index (χ3n) is 3.68. The summed E-state index contributed by atoms with van der Waals surface area (Å²) in [5, 5.41) is 0. The second kappa shape index (κ2) is 7.04. The lowest BCUT2D eigenvalue weighted by Gasteiger charge is -2.07. The molecule has 22 heavy (non-hydrogen) atoms. The molecule has 2 rings (SSSR count). The van der Waals surface area contributed by atoms with E-state index in [9.17, 15) is 4.39 Å². The first-order chi connectivity index (χ1) is 10.5.